The van der Waals surface area contributed by atoms with Crippen molar-refractivity contribution >= 4 is 21.1 Å². The lowest BCUT2D eigenvalue weighted by atomic mass is 9.85. The lowest BCUT2D eigenvalue weighted by Crippen LogP contribution is -2.67. The van der Waals surface area contributed by atoms with Crippen LogP contribution >= 0.6 is 0 Å². The fourth-order valence-corrected chi connectivity index (χ4v) is 9.32. The predicted octanol–water partition coefficient (Wildman–Crippen LogP) is 4.12. The molecule has 1 rings (SSSR count). The van der Waals surface area contributed by atoms with Crippen molar-refractivity contribution in [1.29, 1.82) is 0 Å². The molecule has 0 aromatic rings. The van der Waals surface area contributed by atoms with Gasteiger partial charge in [-0.2, -0.15) is 0 Å². The molecular weight excluding hydrogens is 308 g/mol. The van der Waals surface area contributed by atoms with Crippen molar-refractivity contribution in [2.45, 2.75) is 84.6 Å². The SMILES string of the molecule is CC1[C@H]([C@H](C)C=O)O[Si](C(C)(C)C)(C(C)(C)C)O[C@H]1[C@@H](C)C=O. The molecule has 23 heavy (non-hydrogen) atoms. The third kappa shape index (κ3) is 3.61. The van der Waals surface area contributed by atoms with Gasteiger partial charge in [-0.25, -0.2) is 0 Å². The van der Waals surface area contributed by atoms with Crippen LogP contribution < -0.4 is 0 Å². The van der Waals surface area contributed by atoms with Gasteiger partial charge < -0.3 is 18.4 Å². The number of carbonyl (C=O) groups excluding carboxylic acids is 2. The quantitative estimate of drug-likeness (QED) is 0.570. The van der Waals surface area contributed by atoms with E-state index in [9.17, 15) is 9.59 Å². The van der Waals surface area contributed by atoms with E-state index in [0.717, 1.165) is 12.6 Å². The second-order valence-corrected chi connectivity index (χ2v) is 13.8. The summed E-state index contributed by atoms with van der Waals surface area (Å²) in [5.41, 5.74) is 0. The first-order valence-corrected chi connectivity index (χ1v) is 10.4. The molecule has 4 nitrogen and oxygen atoms in total. The topological polar surface area (TPSA) is 52.6 Å². The first-order valence-electron chi connectivity index (χ1n) is 8.58. The standard InChI is InChI=1S/C18H34O4Si/c1-12(10-19)15-14(3)16(13(2)11-20)22-23(21-15,17(4,5)6)18(7,8)9/h10-16H,1-9H3/t12-,13+,14?,15-,16-/m0/s1. The van der Waals surface area contributed by atoms with Crippen LogP contribution in [0.1, 0.15) is 62.3 Å². The van der Waals surface area contributed by atoms with E-state index in [2.05, 4.69) is 41.5 Å². The van der Waals surface area contributed by atoms with Crippen LogP contribution in [-0.4, -0.2) is 33.3 Å². The molecule has 0 aromatic heterocycles. The largest absolute Gasteiger partial charge is 0.389 e. The molecule has 0 spiro atoms. The number of carbonyl (C=O) groups is 2. The summed E-state index contributed by atoms with van der Waals surface area (Å²) >= 11 is 0. The molecule has 0 bridgehead atoms. The highest BCUT2D eigenvalue weighted by atomic mass is 28.4. The van der Waals surface area contributed by atoms with Gasteiger partial charge in [-0.3, -0.25) is 0 Å². The lowest BCUT2D eigenvalue weighted by Gasteiger charge is -2.58. The minimum Gasteiger partial charge on any atom is -0.389 e. The molecular formula is C18H34O4Si. The van der Waals surface area contributed by atoms with Gasteiger partial charge in [-0.15, -0.1) is 0 Å². The van der Waals surface area contributed by atoms with E-state index < -0.39 is 8.56 Å². The number of aldehydes is 2. The highest BCUT2D eigenvalue weighted by molar-refractivity contribution is 6.73. The Hall–Kier alpha value is -0.523. The summed E-state index contributed by atoms with van der Waals surface area (Å²) in [6.07, 6.45) is 1.50. The van der Waals surface area contributed by atoms with Crippen LogP contribution in [0.25, 0.3) is 0 Å². The average Bonchev–Trinajstić information content (AvgIpc) is 2.43. The van der Waals surface area contributed by atoms with E-state index in [4.69, 9.17) is 8.85 Å². The summed E-state index contributed by atoms with van der Waals surface area (Å²) in [4.78, 5) is 22.9. The molecule has 1 aliphatic rings. The van der Waals surface area contributed by atoms with Gasteiger partial charge >= 0.3 is 8.56 Å². The fourth-order valence-electron chi connectivity index (χ4n) is 3.97. The first kappa shape index (κ1) is 20.5. The molecule has 0 aliphatic carbocycles. The Morgan fingerprint density at radius 1 is 0.826 bits per heavy atom. The van der Waals surface area contributed by atoms with Crippen molar-refractivity contribution in [3.63, 3.8) is 0 Å². The van der Waals surface area contributed by atoms with Gasteiger partial charge in [0.2, 0.25) is 0 Å². The Kier molecular flexibility index (Phi) is 6.04. The highest BCUT2D eigenvalue weighted by Gasteiger charge is 2.64. The molecule has 1 saturated heterocycles. The third-order valence-electron chi connectivity index (χ3n) is 5.08. The van der Waals surface area contributed by atoms with Crippen molar-refractivity contribution < 1.29 is 18.4 Å². The number of hydrogen-bond donors (Lipinski definition) is 0. The number of hydrogen-bond acceptors (Lipinski definition) is 4. The van der Waals surface area contributed by atoms with Crippen LogP contribution in [0.2, 0.25) is 10.1 Å². The van der Waals surface area contributed by atoms with Crippen molar-refractivity contribution in [2.24, 2.45) is 17.8 Å². The molecule has 1 unspecified atom stereocenters. The Labute approximate surface area is 142 Å². The maximum atomic E-state index is 11.4. The monoisotopic (exact) mass is 342 g/mol. The minimum absolute atomic E-state index is 0.000671. The molecule has 1 heterocycles. The molecule has 134 valence electrons. The molecule has 0 radical (unpaired) electrons. The molecule has 0 N–H and O–H groups in total. The highest BCUT2D eigenvalue weighted by Crippen LogP contribution is 2.56. The van der Waals surface area contributed by atoms with Crippen molar-refractivity contribution in [1.82, 2.24) is 0 Å². The summed E-state index contributed by atoms with van der Waals surface area (Å²) in [6.45, 7) is 18.7. The van der Waals surface area contributed by atoms with Gasteiger partial charge in [0.15, 0.2) is 0 Å². The Morgan fingerprint density at radius 2 is 1.13 bits per heavy atom. The van der Waals surface area contributed by atoms with E-state index in [1.165, 1.54) is 0 Å². The van der Waals surface area contributed by atoms with E-state index in [1.54, 1.807) is 0 Å². The van der Waals surface area contributed by atoms with E-state index in [1.807, 2.05) is 20.8 Å². The summed E-state index contributed by atoms with van der Waals surface area (Å²) in [5, 5.41) is -0.347. The Bertz CT molecular complexity index is 395. The first-order chi connectivity index (χ1) is 10.3. The zero-order chi connectivity index (χ0) is 18.2. The van der Waals surface area contributed by atoms with Gasteiger partial charge in [-0.1, -0.05) is 62.3 Å². The zero-order valence-electron chi connectivity index (χ0n) is 16.2. The normalized spacial score (nSPS) is 31.3. The smallest absolute Gasteiger partial charge is 0.349 e. The van der Waals surface area contributed by atoms with Crippen LogP contribution in [0.4, 0.5) is 0 Å². The van der Waals surface area contributed by atoms with Gasteiger partial charge in [0.25, 0.3) is 0 Å². The summed E-state index contributed by atoms with van der Waals surface area (Å²) in [6, 6.07) is 0. The Balaban J connectivity index is 3.47. The predicted molar refractivity (Wildman–Crippen MR) is 94.6 cm³/mol. The molecule has 0 aromatic carbocycles. The van der Waals surface area contributed by atoms with Gasteiger partial charge in [0, 0.05) is 27.8 Å². The molecule has 5 heteroatoms. The number of rotatable bonds is 4. The van der Waals surface area contributed by atoms with Gasteiger partial charge in [-0.05, 0) is 0 Å². The van der Waals surface area contributed by atoms with E-state index in [-0.39, 0.29) is 40.0 Å². The van der Waals surface area contributed by atoms with Crippen LogP contribution in [-0.2, 0) is 18.4 Å². The van der Waals surface area contributed by atoms with Crippen molar-refractivity contribution in [2.75, 3.05) is 0 Å². The zero-order valence-corrected chi connectivity index (χ0v) is 17.2. The fraction of sp³-hybridized carbons (Fsp3) is 0.889. The second-order valence-electron chi connectivity index (χ2n) is 9.13. The molecule has 0 saturated carbocycles. The van der Waals surface area contributed by atoms with E-state index >= 15 is 0 Å². The maximum absolute atomic E-state index is 11.4. The van der Waals surface area contributed by atoms with E-state index in [0.29, 0.717) is 0 Å². The van der Waals surface area contributed by atoms with Crippen LogP contribution in [0.3, 0.4) is 0 Å². The molecule has 0 amide bonds. The van der Waals surface area contributed by atoms with Crippen LogP contribution in [0.5, 0.6) is 0 Å². The molecule has 1 fully saturated rings. The van der Waals surface area contributed by atoms with Crippen LogP contribution in [0, 0.1) is 17.8 Å². The average molecular weight is 343 g/mol. The second kappa shape index (κ2) is 6.77. The Morgan fingerprint density at radius 3 is 1.35 bits per heavy atom. The lowest BCUT2D eigenvalue weighted by molar-refractivity contribution is -0.131. The minimum atomic E-state index is -2.73. The maximum Gasteiger partial charge on any atom is 0.349 e. The van der Waals surface area contributed by atoms with Crippen molar-refractivity contribution in [3.05, 3.63) is 0 Å². The third-order valence-corrected chi connectivity index (χ3v) is 10.2. The summed E-state index contributed by atoms with van der Waals surface area (Å²) in [5.74, 6) is -0.431. The van der Waals surface area contributed by atoms with Crippen molar-refractivity contribution in [3.8, 4) is 0 Å². The van der Waals surface area contributed by atoms with Gasteiger partial charge in [0.05, 0.1) is 12.2 Å². The molecule has 5 atom stereocenters. The van der Waals surface area contributed by atoms with Gasteiger partial charge in [0.1, 0.15) is 12.6 Å². The van der Waals surface area contributed by atoms with Crippen LogP contribution in [0.15, 0.2) is 0 Å². The summed E-state index contributed by atoms with van der Waals surface area (Å²) in [7, 11) is -2.73. The molecule has 1 aliphatic heterocycles. The summed E-state index contributed by atoms with van der Waals surface area (Å²) < 4.78 is 13.3.